The summed E-state index contributed by atoms with van der Waals surface area (Å²) in [4.78, 5) is 4.15. The average molecular weight is 508 g/mol. The molecule has 0 radical (unpaired) electrons. The first-order valence-electron chi connectivity index (χ1n) is 7.21. The summed E-state index contributed by atoms with van der Waals surface area (Å²) in [6.07, 6.45) is 0.125. The molecule has 0 atom stereocenters. The summed E-state index contributed by atoms with van der Waals surface area (Å²) >= 11 is 3.31. The standard InChI is InChI=1S/C17H19BrFN3O.HI/c1-11(2)23-15-6-4-14(5-7-15)22-17(20)21-10-12-9-13(18)3-8-16(12)19;/h3-9,11H,10H2,1-2H3,(H3,20,21,22);1H. The highest BCUT2D eigenvalue weighted by atomic mass is 127. The monoisotopic (exact) mass is 507 g/mol. The Hall–Kier alpha value is -1.35. The van der Waals surface area contributed by atoms with Gasteiger partial charge in [-0.3, -0.25) is 0 Å². The van der Waals surface area contributed by atoms with Crippen LogP contribution in [0.25, 0.3) is 0 Å². The zero-order valence-electron chi connectivity index (χ0n) is 13.4. The smallest absolute Gasteiger partial charge is 0.193 e. The van der Waals surface area contributed by atoms with Crippen LogP contribution in [0.4, 0.5) is 10.1 Å². The van der Waals surface area contributed by atoms with E-state index in [2.05, 4.69) is 26.2 Å². The first-order chi connectivity index (χ1) is 10.9. The van der Waals surface area contributed by atoms with Gasteiger partial charge in [-0.05, 0) is 56.3 Å². The van der Waals surface area contributed by atoms with Gasteiger partial charge in [-0.2, -0.15) is 0 Å². The van der Waals surface area contributed by atoms with Gasteiger partial charge in [0.2, 0.25) is 0 Å². The summed E-state index contributed by atoms with van der Waals surface area (Å²) in [7, 11) is 0. The molecule has 0 aliphatic heterocycles. The molecular weight excluding hydrogens is 488 g/mol. The number of rotatable bonds is 5. The molecule has 130 valence electrons. The second kappa shape index (κ2) is 9.83. The number of hydrogen-bond donors (Lipinski definition) is 2. The molecule has 0 spiro atoms. The zero-order chi connectivity index (χ0) is 16.8. The molecule has 2 aromatic carbocycles. The molecule has 0 saturated carbocycles. The first-order valence-corrected chi connectivity index (χ1v) is 8.01. The molecule has 3 N–H and O–H groups in total. The number of nitrogens with one attached hydrogen (secondary N) is 1. The van der Waals surface area contributed by atoms with E-state index in [9.17, 15) is 4.39 Å². The molecule has 0 amide bonds. The van der Waals surface area contributed by atoms with Crippen LogP contribution in [0.5, 0.6) is 5.75 Å². The summed E-state index contributed by atoms with van der Waals surface area (Å²) in [5.74, 6) is 0.708. The zero-order valence-corrected chi connectivity index (χ0v) is 17.3. The number of hydrogen-bond acceptors (Lipinski definition) is 2. The van der Waals surface area contributed by atoms with Crippen molar-refractivity contribution in [2.24, 2.45) is 10.7 Å². The van der Waals surface area contributed by atoms with E-state index in [0.717, 1.165) is 15.9 Å². The number of guanidine groups is 1. The number of nitrogens with zero attached hydrogens (tertiary/aromatic N) is 1. The topological polar surface area (TPSA) is 59.6 Å². The fraction of sp³-hybridized carbons (Fsp3) is 0.235. The van der Waals surface area contributed by atoms with Gasteiger partial charge < -0.3 is 15.8 Å². The van der Waals surface area contributed by atoms with Crippen molar-refractivity contribution in [3.8, 4) is 5.75 Å². The Bertz CT molecular complexity index is 693. The fourth-order valence-corrected chi connectivity index (χ4v) is 2.32. The van der Waals surface area contributed by atoms with E-state index in [-0.39, 0.29) is 48.4 Å². The highest BCUT2D eigenvalue weighted by Gasteiger charge is 2.03. The van der Waals surface area contributed by atoms with Crippen LogP contribution in [0, 0.1) is 5.82 Å². The highest BCUT2D eigenvalue weighted by molar-refractivity contribution is 14.0. The van der Waals surface area contributed by atoms with Crippen LogP contribution in [-0.2, 0) is 6.54 Å². The van der Waals surface area contributed by atoms with E-state index in [1.165, 1.54) is 6.07 Å². The minimum Gasteiger partial charge on any atom is -0.491 e. The molecule has 0 unspecified atom stereocenters. The lowest BCUT2D eigenvalue weighted by atomic mass is 10.2. The van der Waals surface area contributed by atoms with Crippen LogP contribution in [-0.4, -0.2) is 12.1 Å². The molecule has 4 nitrogen and oxygen atoms in total. The molecule has 0 heterocycles. The third-order valence-electron chi connectivity index (χ3n) is 2.93. The van der Waals surface area contributed by atoms with Crippen molar-refractivity contribution in [2.75, 3.05) is 5.32 Å². The van der Waals surface area contributed by atoms with Crippen LogP contribution < -0.4 is 15.8 Å². The molecule has 0 fully saturated rings. The van der Waals surface area contributed by atoms with Crippen molar-refractivity contribution in [3.63, 3.8) is 0 Å². The van der Waals surface area contributed by atoms with Gasteiger partial charge in [-0.25, -0.2) is 9.38 Å². The molecule has 24 heavy (non-hydrogen) atoms. The summed E-state index contributed by atoms with van der Waals surface area (Å²) in [6, 6.07) is 12.1. The molecule has 0 aliphatic carbocycles. The molecular formula is C17H20BrFIN3O. The van der Waals surface area contributed by atoms with E-state index < -0.39 is 0 Å². The SMILES string of the molecule is CC(C)Oc1ccc(NC(N)=NCc2cc(Br)ccc2F)cc1.I. The van der Waals surface area contributed by atoms with Gasteiger partial charge in [-0.15, -0.1) is 24.0 Å². The lowest BCUT2D eigenvalue weighted by Gasteiger charge is -2.11. The lowest BCUT2D eigenvalue weighted by Crippen LogP contribution is -2.22. The van der Waals surface area contributed by atoms with Gasteiger partial charge in [-0.1, -0.05) is 15.9 Å². The second-order valence-corrected chi connectivity index (χ2v) is 6.17. The minimum absolute atomic E-state index is 0. The second-order valence-electron chi connectivity index (χ2n) is 5.25. The van der Waals surface area contributed by atoms with E-state index in [1.54, 1.807) is 12.1 Å². The van der Waals surface area contributed by atoms with E-state index in [1.807, 2.05) is 38.1 Å². The minimum atomic E-state index is -0.306. The average Bonchev–Trinajstić information content (AvgIpc) is 2.50. The maximum atomic E-state index is 13.6. The van der Waals surface area contributed by atoms with E-state index >= 15 is 0 Å². The van der Waals surface area contributed by atoms with E-state index in [4.69, 9.17) is 10.5 Å². The predicted octanol–water partition coefficient (Wildman–Crippen LogP) is 4.92. The predicted molar refractivity (Wildman–Crippen MR) is 111 cm³/mol. The van der Waals surface area contributed by atoms with Gasteiger partial charge in [0.25, 0.3) is 0 Å². The first kappa shape index (κ1) is 20.7. The number of halogens is 3. The third kappa shape index (κ3) is 6.64. The van der Waals surface area contributed by atoms with Crippen molar-refractivity contribution in [1.82, 2.24) is 0 Å². The normalized spacial score (nSPS) is 11.1. The molecule has 2 aromatic rings. The summed E-state index contributed by atoms with van der Waals surface area (Å²) in [5, 5.41) is 2.96. The quantitative estimate of drug-likeness (QED) is 0.343. The lowest BCUT2D eigenvalue weighted by molar-refractivity contribution is 0.242. The van der Waals surface area contributed by atoms with Crippen LogP contribution in [0.3, 0.4) is 0 Å². The summed E-state index contributed by atoms with van der Waals surface area (Å²) in [6.45, 7) is 4.11. The maximum Gasteiger partial charge on any atom is 0.193 e. The molecule has 0 aliphatic rings. The van der Waals surface area contributed by atoms with Gasteiger partial charge in [0.15, 0.2) is 5.96 Å². The Morgan fingerprint density at radius 1 is 1.25 bits per heavy atom. The maximum absolute atomic E-state index is 13.6. The van der Waals surface area contributed by atoms with Crippen LogP contribution >= 0.6 is 39.9 Å². The molecule has 0 aromatic heterocycles. The van der Waals surface area contributed by atoms with Crippen molar-refractivity contribution < 1.29 is 9.13 Å². The summed E-state index contributed by atoms with van der Waals surface area (Å²) < 4.78 is 20.0. The van der Waals surface area contributed by atoms with Crippen LogP contribution in [0.2, 0.25) is 0 Å². The van der Waals surface area contributed by atoms with Crippen LogP contribution in [0.1, 0.15) is 19.4 Å². The Balaban J connectivity index is 0.00000288. The number of anilines is 1. The van der Waals surface area contributed by atoms with Gasteiger partial charge in [0.1, 0.15) is 11.6 Å². The van der Waals surface area contributed by atoms with Gasteiger partial charge >= 0.3 is 0 Å². The van der Waals surface area contributed by atoms with E-state index in [0.29, 0.717) is 5.56 Å². The van der Waals surface area contributed by atoms with Crippen molar-refractivity contribution in [2.45, 2.75) is 26.5 Å². The van der Waals surface area contributed by atoms with Crippen molar-refractivity contribution in [3.05, 3.63) is 58.3 Å². The molecule has 7 heteroatoms. The van der Waals surface area contributed by atoms with Crippen LogP contribution in [0.15, 0.2) is 51.9 Å². The Labute approximate surface area is 166 Å². The Kier molecular flexibility index (Phi) is 8.47. The fourth-order valence-electron chi connectivity index (χ4n) is 1.91. The van der Waals surface area contributed by atoms with Gasteiger partial charge in [0.05, 0.1) is 12.6 Å². The molecule has 2 rings (SSSR count). The molecule has 0 bridgehead atoms. The number of benzene rings is 2. The Morgan fingerprint density at radius 2 is 1.92 bits per heavy atom. The largest absolute Gasteiger partial charge is 0.491 e. The number of aliphatic imine (C=N–C) groups is 1. The van der Waals surface area contributed by atoms with Gasteiger partial charge in [0, 0.05) is 15.7 Å². The third-order valence-corrected chi connectivity index (χ3v) is 3.42. The number of nitrogens with two attached hydrogens (primary N) is 1. The number of ether oxygens (including phenoxy) is 1. The molecule has 0 saturated heterocycles. The van der Waals surface area contributed by atoms with Crippen molar-refractivity contribution >= 4 is 51.6 Å². The summed E-state index contributed by atoms with van der Waals surface area (Å²) in [5.41, 5.74) is 7.10. The van der Waals surface area contributed by atoms with Crippen molar-refractivity contribution in [1.29, 1.82) is 0 Å². The highest BCUT2D eigenvalue weighted by Crippen LogP contribution is 2.18. The Morgan fingerprint density at radius 3 is 2.54 bits per heavy atom.